The molecule has 10 N–H and O–H groups in total. The number of rotatable bonds is 20. The lowest BCUT2D eigenvalue weighted by Crippen LogP contribution is -2.46. The zero-order valence-electron chi connectivity index (χ0n) is 48.6. The number of para-hydroxylation sites is 2. The maximum absolute atomic E-state index is 14.1. The molecule has 472 valence electrons. The Hall–Kier alpha value is -7.14. The Morgan fingerprint density at radius 1 is 0.602 bits per heavy atom. The molecule has 4 fully saturated rings. The van der Waals surface area contributed by atoms with Crippen molar-refractivity contribution in [2.45, 2.75) is 176 Å². The van der Waals surface area contributed by atoms with Crippen LogP contribution in [0, 0.1) is 22.7 Å². The third-order valence-corrected chi connectivity index (χ3v) is 19.0. The van der Waals surface area contributed by atoms with E-state index in [9.17, 15) is 49.7 Å². The van der Waals surface area contributed by atoms with Crippen LogP contribution in [0.1, 0.15) is 127 Å². The van der Waals surface area contributed by atoms with Crippen LogP contribution in [0.3, 0.4) is 0 Å². The zero-order valence-corrected chi connectivity index (χ0v) is 50.4. The van der Waals surface area contributed by atoms with Gasteiger partial charge in [0.1, 0.15) is 121 Å². The van der Waals surface area contributed by atoms with Gasteiger partial charge in [-0.25, -0.2) is 28.1 Å². The van der Waals surface area contributed by atoms with Gasteiger partial charge in [-0.3, -0.25) is 18.6 Å². The Labute approximate surface area is 507 Å². The smallest absolute Gasteiger partial charge is 0.459 e. The van der Waals surface area contributed by atoms with Gasteiger partial charge in [-0.15, -0.1) is 0 Å². The molecule has 0 radical (unpaired) electrons. The predicted molar refractivity (Wildman–Crippen MR) is 314 cm³/mol. The van der Waals surface area contributed by atoms with E-state index in [2.05, 4.69) is 30.3 Å². The second-order valence-corrected chi connectivity index (χ2v) is 25.6. The van der Waals surface area contributed by atoms with E-state index in [0.29, 0.717) is 22.4 Å². The van der Waals surface area contributed by atoms with E-state index in [-0.39, 0.29) is 35.3 Å². The Bertz CT molecular complexity index is 3280. The van der Waals surface area contributed by atoms with Crippen molar-refractivity contribution >= 4 is 50.1 Å². The number of nitrogens with zero attached hydrogens (tertiary/aromatic N) is 8. The molecule has 4 aliphatic rings. The van der Waals surface area contributed by atoms with Crippen LogP contribution in [-0.2, 0) is 46.7 Å². The lowest BCUT2D eigenvalue weighted by atomic mass is 9.96. The second-order valence-electron chi connectivity index (χ2n) is 22.2. The van der Waals surface area contributed by atoms with Gasteiger partial charge >= 0.3 is 27.4 Å². The molecule has 2 saturated heterocycles. The normalized spacial score (nSPS) is 26.6. The van der Waals surface area contributed by atoms with Crippen molar-refractivity contribution in [2.75, 3.05) is 24.7 Å². The van der Waals surface area contributed by atoms with Crippen molar-refractivity contribution in [2.24, 2.45) is 0 Å². The average Bonchev–Trinajstić information content (AvgIpc) is 1.67. The average molecular weight is 1260 g/mol. The monoisotopic (exact) mass is 1260 g/mol. The first-order valence-corrected chi connectivity index (χ1v) is 32.4. The van der Waals surface area contributed by atoms with E-state index >= 15 is 0 Å². The summed E-state index contributed by atoms with van der Waals surface area (Å²) < 4.78 is 77.1. The standard InChI is InChI=1S/2C29H37N6O8P/c2*1-19(28(38)41-20-10-6-3-2-4-7-11-20)34-44(39,43-21-12-8-5-9-13-21)40-17-29(16-30)26(37)24(36)25(42-29)22-14-15-23-27(31)32-18-33-35(22)23/h2*5,8-9,12-15,18-20,24-26,36-37H,2-4,6-7,10-11,17H2,1H3,(H,34,39)(H2,31,32,33)/t19-,24-,25-,26-,29+,44+;19-,24-,25-,26-,29+,44-/m00/s1. The van der Waals surface area contributed by atoms with E-state index in [1.807, 2.05) is 12.1 Å². The molecule has 4 aromatic heterocycles. The van der Waals surface area contributed by atoms with Crippen molar-refractivity contribution < 1.29 is 76.2 Å². The molecule has 2 aromatic carbocycles. The van der Waals surface area contributed by atoms with Crippen LogP contribution in [0.4, 0.5) is 11.6 Å². The lowest BCUT2D eigenvalue weighted by molar-refractivity contribution is -0.152. The molecule has 88 heavy (non-hydrogen) atoms. The number of hydrogen-bond donors (Lipinski definition) is 8. The quantitative estimate of drug-likeness (QED) is 0.0302. The highest BCUT2D eigenvalue weighted by atomic mass is 31.2. The predicted octanol–water partition coefficient (Wildman–Crippen LogP) is 6.41. The third-order valence-electron chi connectivity index (χ3n) is 15.8. The van der Waals surface area contributed by atoms with Crippen LogP contribution in [0.2, 0.25) is 0 Å². The molecule has 30 heteroatoms. The molecule has 28 nitrogen and oxygen atoms in total. The first-order chi connectivity index (χ1) is 42.3. The van der Waals surface area contributed by atoms with Gasteiger partial charge in [0, 0.05) is 0 Å². The number of anilines is 2. The molecule has 2 aliphatic carbocycles. The van der Waals surface area contributed by atoms with Crippen molar-refractivity contribution in [1.82, 2.24) is 39.4 Å². The molecule has 2 saturated carbocycles. The lowest BCUT2D eigenvalue weighted by Gasteiger charge is -2.29. The highest BCUT2D eigenvalue weighted by Gasteiger charge is 2.59. The molecular formula is C58H74N12O16P2. The molecule has 12 atom stereocenters. The highest BCUT2D eigenvalue weighted by molar-refractivity contribution is 7.52. The number of aliphatic hydroxyl groups excluding tert-OH is 4. The number of nitrogens with two attached hydrogens (primary N) is 2. The van der Waals surface area contributed by atoms with Crippen LogP contribution < -0.4 is 30.7 Å². The number of fused-ring (bicyclic) bond motifs is 2. The number of nitriles is 2. The van der Waals surface area contributed by atoms with Crippen molar-refractivity contribution in [1.29, 1.82) is 10.5 Å². The summed E-state index contributed by atoms with van der Waals surface area (Å²) in [6.45, 7) is 1.36. The summed E-state index contributed by atoms with van der Waals surface area (Å²) in [5.41, 5.74) is 8.94. The van der Waals surface area contributed by atoms with Gasteiger partial charge in [0.25, 0.3) is 0 Å². The van der Waals surface area contributed by atoms with Gasteiger partial charge in [0.05, 0.1) is 11.4 Å². The van der Waals surface area contributed by atoms with Crippen molar-refractivity contribution in [3.05, 3.63) is 109 Å². The first-order valence-electron chi connectivity index (χ1n) is 29.3. The van der Waals surface area contributed by atoms with Crippen molar-refractivity contribution in [3.8, 4) is 23.6 Å². The number of hydrogen-bond acceptors (Lipinski definition) is 24. The van der Waals surface area contributed by atoms with E-state index in [0.717, 1.165) is 77.0 Å². The molecule has 6 aromatic rings. The SMILES string of the molecule is C[C@H](N[P@@](=O)(OC[C@@]1(C#N)O[C@@H](c2ccc3c(N)ncnn23)[C@H](O)[C@@H]1O)Oc1ccccc1)C(=O)OC1CCCCCCC1.C[C@H](N[P@](=O)(OC[C@@]1(C#N)O[C@@H](c2ccc3c(N)ncnn23)[C@H](O)[C@@H]1O)Oc1ccccc1)C(=O)OC1CCCCCCC1. The van der Waals surface area contributed by atoms with Crippen LogP contribution in [-0.4, -0.2) is 135 Å². The Morgan fingerprint density at radius 2 is 0.955 bits per heavy atom. The fourth-order valence-electron chi connectivity index (χ4n) is 10.9. The van der Waals surface area contributed by atoms with Gasteiger partial charge in [-0.1, -0.05) is 74.9 Å². The topological polar surface area (TPSA) is 407 Å². The van der Waals surface area contributed by atoms with Gasteiger partial charge in [0.2, 0.25) is 11.2 Å². The number of nitrogens with one attached hydrogen (secondary N) is 2. The number of esters is 2. The van der Waals surface area contributed by atoms with E-state index < -0.39 is 101 Å². The summed E-state index contributed by atoms with van der Waals surface area (Å²) in [4.78, 5) is 33.9. The fraction of sp³-hybridized carbons (Fsp3) is 0.517. The van der Waals surface area contributed by atoms with Crippen LogP contribution in [0.15, 0.2) is 97.6 Å². The maximum Gasteiger partial charge on any atom is 0.459 e. The van der Waals surface area contributed by atoms with E-state index in [1.54, 1.807) is 84.9 Å². The number of aliphatic hydroxyl groups is 4. The van der Waals surface area contributed by atoms with E-state index in [1.165, 1.54) is 48.4 Å². The van der Waals surface area contributed by atoms with Gasteiger partial charge in [0.15, 0.2) is 11.6 Å². The Morgan fingerprint density at radius 3 is 1.31 bits per heavy atom. The second kappa shape index (κ2) is 29.0. The molecular weight excluding hydrogens is 1180 g/mol. The van der Waals surface area contributed by atoms with E-state index in [4.69, 9.17) is 48.5 Å². The minimum atomic E-state index is -4.42. The number of carbonyl (C=O) groups is 2. The molecule has 10 rings (SSSR count). The summed E-state index contributed by atoms with van der Waals surface area (Å²) >= 11 is 0. The third kappa shape index (κ3) is 15.3. The number of nitrogen functional groups attached to an aromatic ring is 2. The minimum absolute atomic E-state index is 0.164. The highest BCUT2D eigenvalue weighted by Crippen LogP contribution is 2.51. The Kier molecular flexibility index (Phi) is 21.5. The largest absolute Gasteiger partial charge is 0.461 e. The zero-order chi connectivity index (χ0) is 62.6. The number of carbonyl (C=O) groups excluding carboxylic acids is 2. The van der Waals surface area contributed by atoms with Crippen molar-refractivity contribution in [3.63, 3.8) is 0 Å². The van der Waals surface area contributed by atoms with Crippen LogP contribution >= 0.6 is 15.5 Å². The summed E-state index contributed by atoms with van der Waals surface area (Å²) in [5.74, 6) is -0.557. The summed E-state index contributed by atoms with van der Waals surface area (Å²) in [5, 5.41) is 77.7. The summed E-state index contributed by atoms with van der Waals surface area (Å²) in [6, 6.07) is 24.2. The molecule has 0 bridgehead atoms. The minimum Gasteiger partial charge on any atom is -0.461 e. The number of benzene rings is 2. The van der Waals surface area contributed by atoms with Gasteiger partial charge < -0.3 is 59.9 Å². The maximum atomic E-state index is 14.1. The number of ether oxygens (including phenoxy) is 4. The van der Waals surface area contributed by atoms with Gasteiger partial charge in [-0.2, -0.15) is 30.9 Å². The Balaban J connectivity index is 0.000000209. The fourth-order valence-corrected chi connectivity index (χ4v) is 14.0. The molecule has 0 spiro atoms. The molecule has 0 unspecified atom stereocenters. The number of aromatic nitrogens is 6. The van der Waals surface area contributed by atoms with Crippen LogP contribution in [0.5, 0.6) is 11.5 Å². The first kappa shape index (κ1) is 65.3. The van der Waals surface area contributed by atoms with Crippen LogP contribution in [0.25, 0.3) is 11.0 Å². The molecule has 6 heterocycles. The summed E-state index contributed by atoms with van der Waals surface area (Å²) in [7, 11) is -8.83. The molecule has 0 amide bonds. The summed E-state index contributed by atoms with van der Waals surface area (Å²) in [6.07, 6.45) is 6.30. The van der Waals surface area contributed by atoms with Gasteiger partial charge in [-0.05, 0) is 114 Å². The molecule has 2 aliphatic heterocycles.